The fourth-order valence-corrected chi connectivity index (χ4v) is 1.54. The smallest absolute Gasteiger partial charge is 0.155 e. The maximum atomic E-state index is 11.0. The lowest BCUT2D eigenvalue weighted by Gasteiger charge is -2.32. The third kappa shape index (κ3) is 1.52. The van der Waals surface area contributed by atoms with Gasteiger partial charge < -0.3 is 0 Å². The van der Waals surface area contributed by atoms with E-state index in [1.807, 2.05) is 6.08 Å². The Morgan fingerprint density at radius 2 is 2.27 bits per heavy atom. The van der Waals surface area contributed by atoms with Crippen molar-refractivity contribution >= 4 is 5.78 Å². The molecule has 0 N–H and O–H groups in total. The zero-order valence-electron chi connectivity index (χ0n) is 7.61. The minimum Gasteiger partial charge on any atom is -0.295 e. The van der Waals surface area contributed by atoms with Crippen LogP contribution in [0.5, 0.6) is 0 Å². The van der Waals surface area contributed by atoms with Crippen molar-refractivity contribution in [2.45, 2.75) is 40.0 Å². The molecule has 62 valence electrons. The number of carbonyl (C=O) groups is 1. The van der Waals surface area contributed by atoms with Gasteiger partial charge in [0.2, 0.25) is 0 Å². The fourth-order valence-electron chi connectivity index (χ4n) is 1.54. The Hall–Kier alpha value is -0.590. The summed E-state index contributed by atoms with van der Waals surface area (Å²) in [5.41, 5.74) is 1.56. The molecular weight excluding hydrogens is 136 g/mol. The monoisotopic (exact) mass is 152 g/mol. The van der Waals surface area contributed by atoms with Crippen LogP contribution in [0.2, 0.25) is 0 Å². The summed E-state index contributed by atoms with van der Waals surface area (Å²) in [4.78, 5) is 11.0. The fraction of sp³-hybridized carbons (Fsp3) is 0.700. The van der Waals surface area contributed by atoms with Gasteiger partial charge in [0.15, 0.2) is 5.78 Å². The van der Waals surface area contributed by atoms with Gasteiger partial charge in [-0.2, -0.15) is 0 Å². The standard InChI is InChI=1S/C10H16O/c1-4-10(3)6-5-9(11)7-8(10)2/h7H,4-6H2,1-3H3. The van der Waals surface area contributed by atoms with Crippen molar-refractivity contribution in [3.8, 4) is 0 Å². The lowest BCUT2D eigenvalue weighted by molar-refractivity contribution is -0.115. The van der Waals surface area contributed by atoms with E-state index in [0.717, 1.165) is 19.3 Å². The quantitative estimate of drug-likeness (QED) is 0.564. The number of ketones is 1. The second-order valence-corrected chi connectivity index (χ2v) is 3.71. The molecule has 0 amide bonds. The molecular formula is C10H16O. The zero-order valence-corrected chi connectivity index (χ0v) is 7.61. The lowest BCUT2D eigenvalue weighted by Crippen LogP contribution is -2.22. The molecule has 0 saturated heterocycles. The molecule has 0 saturated carbocycles. The van der Waals surface area contributed by atoms with Crippen molar-refractivity contribution in [3.63, 3.8) is 0 Å². The number of rotatable bonds is 1. The highest BCUT2D eigenvalue weighted by atomic mass is 16.1. The molecule has 0 fully saturated rings. The molecule has 0 radical (unpaired) electrons. The Morgan fingerprint density at radius 1 is 1.64 bits per heavy atom. The van der Waals surface area contributed by atoms with Crippen LogP contribution >= 0.6 is 0 Å². The minimum absolute atomic E-state index is 0.299. The summed E-state index contributed by atoms with van der Waals surface area (Å²) >= 11 is 0. The number of hydrogen-bond donors (Lipinski definition) is 0. The van der Waals surface area contributed by atoms with Crippen LogP contribution in [-0.4, -0.2) is 5.78 Å². The Bertz CT molecular complexity index is 203. The molecule has 1 atom stereocenters. The van der Waals surface area contributed by atoms with E-state index in [4.69, 9.17) is 0 Å². The molecule has 0 aromatic carbocycles. The van der Waals surface area contributed by atoms with Gasteiger partial charge in [-0.1, -0.05) is 19.4 Å². The van der Waals surface area contributed by atoms with Crippen LogP contribution in [0.4, 0.5) is 0 Å². The van der Waals surface area contributed by atoms with Crippen LogP contribution in [-0.2, 0) is 4.79 Å². The van der Waals surface area contributed by atoms with E-state index in [9.17, 15) is 4.79 Å². The molecule has 1 nitrogen and oxygen atoms in total. The summed E-state index contributed by atoms with van der Waals surface area (Å²) in [6.07, 6.45) is 4.72. The van der Waals surface area contributed by atoms with E-state index in [0.29, 0.717) is 11.2 Å². The summed E-state index contributed by atoms with van der Waals surface area (Å²) in [6, 6.07) is 0. The van der Waals surface area contributed by atoms with E-state index >= 15 is 0 Å². The first-order valence-corrected chi connectivity index (χ1v) is 4.30. The first kappa shape index (κ1) is 8.51. The number of allylic oxidation sites excluding steroid dienone is 2. The van der Waals surface area contributed by atoms with Gasteiger partial charge in [-0.25, -0.2) is 0 Å². The van der Waals surface area contributed by atoms with Crippen LogP contribution in [0.3, 0.4) is 0 Å². The predicted octanol–water partition coefficient (Wildman–Crippen LogP) is 2.71. The highest BCUT2D eigenvalue weighted by molar-refractivity contribution is 5.91. The third-order valence-electron chi connectivity index (χ3n) is 3.03. The predicted molar refractivity (Wildman–Crippen MR) is 46.4 cm³/mol. The molecule has 0 aromatic rings. The number of carbonyl (C=O) groups excluding carboxylic acids is 1. The van der Waals surface area contributed by atoms with Crippen LogP contribution in [0.25, 0.3) is 0 Å². The SMILES string of the molecule is CCC1(C)CCC(=O)C=C1C. The molecule has 0 aliphatic heterocycles. The summed E-state index contributed by atoms with van der Waals surface area (Å²) in [6.45, 7) is 6.50. The third-order valence-corrected chi connectivity index (χ3v) is 3.03. The Kier molecular flexibility index (Phi) is 2.17. The summed E-state index contributed by atoms with van der Waals surface area (Å²) in [5, 5.41) is 0. The first-order chi connectivity index (χ1) is 5.08. The Labute approximate surface area is 68.5 Å². The zero-order chi connectivity index (χ0) is 8.48. The van der Waals surface area contributed by atoms with Gasteiger partial charge in [0.25, 0.3) is 0 Å². The van der Waals surface area contributed by atoms with Gasteiger partial charge in [-0.3, -0.25) is 4.79 Å². The van der Waals surface area contributed by atoms with Crippen LogP contribution in [0.15, 0.2) is 11.6 Å². The van der Waals surface area contributed by atoms with E-state index < -0.39 is 0 Å². The molecule has 0 heterocycles. The van der Waals surface area contributed by atoms with Gasteiger partial charge in [0.05, 0.1) is 0 Å². The van der Waals surface area contributed by atoms with E-state index in [-0.39, 0.29) is 0 Å². The van der Waals surface area contributed by atoms with E-state index in [1.54, 1.807) is 0 Å². The van der Waals surface area contributed by atoms with Crippen molar-refractivity contribution in [3.05, 3.63) is 11.6 Å². The second-order valence-electron chi connectivity index (χ2n) is 3.71. The lowest BCUT2D eigenvalue weighted by atomic mass is 9.73. The molecule has 0 spiro atoms. The van der Waals surface area contributed by atoms with Crippen molar-refractivity contribution < 1.29 is 4.79 Å². The van der Waals surface area contributed by atoms with Crippen LogP contribution < -0.4 is 0 Å². The normalized spacial score (nSPS) is 31.9. The van der Waals surface area contributed by atoms with Gasteiger partial charge in [0.1, 0.15) is 0 Å². The van der Waals surface area contributed by atoms with Crippen molar-refractivity contribution in [1.82, 2.24) is 0 Å². The highest BCUT2D eigenvalue weighted by Crippen LogP contribution is 2.38. The first-order valence-electron chi connectivity index (χ1n) is 4.30. The summed E-state index contributed by atoms with van der Waals surface area (Å²) in [5.74, 6) is 0.299. The van der Waals surface area contributed by atoms with Crippen molar-refractivity contribution in [2.24, 2.45) is 5.41 Å². The second kappa shape index (κ2) is 2.80. The Morgan fingerprint density at radius 3 is 2.73 bits per heavy atom. The van der Waals surface area contributed by atoms with Crippen LogP contribution in [0, 0.1) is 5.41 Å². The van der Waals surface area contributed by atoms with Gasteiger partial charge >= 0.3 is 0 Å². The highest BCUT2D eigenvalue weighted by Gasteiger charge is 2.28. The molecule has 1 aliphatic rings. The molecule has 1 aliphatic carbocycles. The molecule has 11 heavy (non-hydrogen) atoms. The van der Waals surface area contributed by atoms with Crippen molar-refractivity contribution in [1.29, 1.82) is 0 Å². The molecule has 1 rings (SSSR count). The van der Waals surface area contributed by atoms with E-state index in [1.165, 1.54) is 5.57 Å². The average molecular weight is 152 g/mol. The van der Waals surface area contributed by atoms with E-state index in [2.05, 4.69) is 20.8 Å². The maximum Gasteiger partial charge on any atom is 0.155 e. The summed E-state index contributed by atoms with van der Waals surface area (Å²) < 4.78 is 0. The van der Waals surface area contributed by atoms with Gasteiger partial charge in [0, 0.05) is 6.42 Å². The molecule has 1 heteroatoms. The summed E-state index contributed by atoms with van der Waals surface area (Å²) in [7, 11) is 0. The average Bonchev–Trinajstić information content (AvgIpc) is 1.98. The topological polar surface area (TPSA) is 17.1 Å². The maximum absolute atomic E-state index is 11.0. The van der Waals surface area contributed by atoms with Crippen molar-refractivity contribution in [2.75, 3.05) is 0 Å². The minimum atomic E-state index is 0.299. The van der Waals surface area contributed by atoms with Crippen LogP contribution in [0.1, 0.15) is 40.0 Å². The largest absolute Gasteiger partial charge is 0.295 e. The Balaban J connectivity index is 2.87. The molecule has 0 aromatic heterocycles. The number of hydrogen-bond acceptors (Lipinski definition) is 1. The molecule has 0 bridgehead atoms. The van der Waals surface area contributed by atoms with Gasteiger partial charge in [-0.05, 0) is 31.3 Å². The van der Waals surface area contributed by atoms with Gasteiger partial charge in [-0.15, -0.1) is 0 Å². The molecule has 1 unspecified atom stereocenters.